The third-order valence-electron chi connectivity index (χ3n) is 2.03. The predicted molar refractivity (Wildman–Crippen MR) is 49.4 cm³/mol. The van der Waals surface area contributed by atoms with Crippen LogP contribution in [0.1, 0.15) is 5.82 Å². The van der Waals surface area contributed by atoms with E-state index in [0.29, 0.717) is 12.2 Å². The largest absolute Gasteiger partial charge is 0.348 e. The second-order valence-electron chi connectivity index (χ2n) is 3.14. The molecule has 5 heteroatoms. The minimum Gasteiger partial charge on any atom is -0.348 e. The van der Waals surface area contributed by atoms with Crippen molar-refractivity contribution in [3.63, 3.8) is 0 Å². The van der Waals surface area contributed by atoms with E-state index in [2.05, 4.69) is 22.7 Å². The molecule has 0 aromatic carbocycles. The highest BCUT2D eigenvalue weighted by Gasteiger charge is 2.20. The Morgan fingerprint density at radius 3 is 3.25 bits per heavy atom. The van der Waals surface area contributed by atoms with E-state index < -0.39 is 0 Å². The molecule has 68 valence electrons. The van der Waals surface area contributed by atoms with Gasteiger partial charge in [0.25, 0.3) is 0 Å². The predicted octanol–water partition coefficient (Wildman–Crippen LogP) is 0.395. The summed E-state index contributed by atoms with van der Waals surface area (Å²) in [5, 5.41) is 7.87. The van der Waals surface area contributed by atoms with E-state index in [0.717, 1.165) is 12.2 Å². The smallest absolute Gasteiger partial charge is 0.138 e. The van der Waals surface area contributed by atoms with E-state index in [4.69, 9.17) is 4.74 Å². The van der Waals surface area contributed by atoms with Gasteiger partial charge in [-0.3, -0.25) is 4.57 Å². The summed E-state index contributed by atoms with van der Waals surface area (Å²) in [7, 11) is -0.0275. The molecule has 1 atom stereocenters. The van der Waals surface area contributed by atoms with Gasteiger partial charge in [0.1, 0.15) is 18.9 Å². The number of nitrogens with zero attached hydrogens (tertiary/aromatic N) is 3. The van der Waals surface area contributed by atoms with E-state index in [1.807, 2.05) is 4.57 Å². The van der Waals surface area contributed by atoms with Crippen molar-refractivity contribution in [1.29, 1.82) is 0 Å². The van der Waals surface area contributed by atoms with Crippen molar-refractivity contribution < 1.29 is 4.74 Å². The average Bonchev–Trinajstić information content (AvgIpc) is 2.49. The third kappa shape index (κ3) is 1.34. The van der Waals surface area contributed by atoms with Crippen molar-refractivity contribution in [2.75, 3.05) is 12.5 Å². The first-order valence-corrected chi connectivity index (χ1v) is 6.22. The molecule has 2 rings (SSSR count). The third-order valence-corrected chi connectivity index (χ3v) is 3.52. The summed E-state index contributed by atoms with van der Waals surface area (Å²) >= 11 is 0. The Labute approximate surface area is 74.3 Å². The fraction of sp³-hybridized carbons (Fsp3) is 0.714. The molecule has 0 amide bonds. The lowest BCUT2D eigenvalue weighted by atomic mass is 10.4. The van der Waals surface area contributed by atoms with Crippen LogP contribution < -0.4 is 0 Å². The van der Waals surface area contributed by atoms with Gasteiger partial charge in [-0.1, -0.05) is 0 Å². The van der Waals surface area contributed by atoms with Crippen LogP contribution in [0.15, 0.2) is 6.33 Å². The molecule has 1 unspecified atom stereocenters. The van der Waals surface area contributed by atoms with Gasteiger partial charge in [0.05, 0.1) is 5.44 Å². The van der Waals surface area contributed by atoms with Gasteiger partial charge in [-0.2, -0.15) is 0 Å². The molecule has 1 aliphatic heterocycles. The van der Waals surface area contributed by atoms with Crippen LogP contribution in [-0.4, -0.2) is 32.7 Å². The number of ether oxygens (including phenoxy) is 1. The molecule has 0 aliphatic carbocycles. The standard InChI is InChI=1S/C7H13N3OS/c1-12(2)7-3-6-9-8-4-10(6)5-11-7/h4,7,12H,3,5H2,1-2H3. The maximum absolute atomic E-state index is 5.64. The van der Waals surface area contributed by atoms with Gasteiger partial charge in [0, 0.05) is 6.42 Å². The van der Waals surface area contributed by atoms with E-state index in [1.54, 1.807) is 6.33 Å². The van der Waals surface area contributed by atoms with Gasteiger partial charge >= 0.3 is 0 Å². The molecular formula is C7H13N3OS. The van der Waals surface area contributed by atoms with Gasteiger partial charge in [-0.25, -0.2) is 10.9 Å². The van der Waals surface area contributed by atoms with Crippen molar-refractivity contribution in [1.82, 2.24) is 14.8 Å². The van der Waals surface area contributed by atoms with Crippen molar-refractivity contribution in [2.24, 2.45) is 0 Å². The van der Waals surface area contributed by atoms with Crippen LogP contribution in [0.25, 0.3) is 0 Å². The first-order valence-electron chi connectivity index (χ1n) is 3.92. The Hall–Kier alpha value is -0.550. The topological polar surface area (TPSA) is 39.9 Å². The van der Waals surface area contributed by atoms with Crippen LogP contribution >= 0.6 is 10.9 Å². The molecule has 0 bridgehead atoms. The lowest BCUT2D eigenvalue weighted by Crippen LogP contribution is -2.25. The first kappa shape index (κ1) is 8.07. The number of hydrogen-bond acceptors (Lipinski definition) is 3. The molecule has 0 fully saturated rings. The monoisotopic (exact) mass is 187 g/mol. The average molecular weight is 187 g/mol. The first-order chi connectivity index (χ1) is 5.77. The lowest BCUT2D eigenvalue weighted by molar-refractivity contribution is 0.0337. The summed E-state index contributed by atoms with van der Waals surface area (Å²) in [5.41, 5.74) is 0.372. The van der Waals surface area contributed by atoms with Crippen LogP contribution in [0.5, 0.6) is 0 Å². The minimum atomic E-state index is -0.0275. The van der Waals surface area contributed by atoms with Gasteiger partial charge < -0.3 is 4.74 Å². The molecular weight excluding hydrogens is 174 g/mol. The Morgan fingerprint density at radius 1 is 1.67 bits per heavy atom. The Morgan fingerprint density at radius 2 is 2.50 bits per heavy atom. The Bertz CT molecular complexity index is 273. The van der Waals surface area contributed by atoms with Crippen molar-refractivity contribution >= 4 is 10.9 Å². The van der Waals surface area contributed by atoms with Gasteiger partial charge in [-0.05, 0) is 12.5 Å². The zero-order valence-corrected chi connectivity index (χ0v) is 8.16. The Kier molecular flexibility index (Phi) is 2.06. The zero-order chi connectivity index (χ0) is 8.55. The molecule has 2 heterocycles. The molecule has 0 N–H and O–H groups in total. The van der Waals surface area contributed by atoms with Crippen molar-refractivity contribution in [2.45, 2.75) is 18.6 Å². The maximum atomic E-state index is 5.64. The molecule has 0 spiro atoms. The van der Waals surface area contributed by atoms with Crippen molar-refractivity contribution in [3.8, 4) is 0 Å². The Balaban J connectivity index is 2.15. The van der Waals surface area contributed by atoms with Gasteiger partial charge in [-0.15, -0.1) is 10.2 Å². The fourth-order valence-electron chi connectivity index (χ4n) is 1.26. The molecule has 12 heavy (non-hydrogen) atoms. The van der Waals surface area contributed by atoms with Crippen LogP contribution in [0.3, 0.4) is 0 Å². The number of hydrogen-bond donors (Lipinski definition) is 1. The van der Waals surface area contributed by atoms with E-state index in [-0.39, 0.29) is 10.9 Å². The molecule has 0 saturated carbocycles. The highest BCUT2D eigenvalue weighted by atomic mass is 32.2. The summed E-state index contributed by atoms with van der Waals surface area (Å²) in [6, 6.07) is 0. The normalized spacial score (nSPS) is 23.5. The summed E-state index contributed by atoms with van der Waals surface area (Å²) in [5.74, 6) is 1.06. The fourth-order valence-corrected chi connectivity index (χ4v) is 2.15. The summed E-state index contributed by atoms with van der Waals surface area (Å²) in [4.78, 5) is 0. The molecule has 0 radical (unpaired) electrons. The van der Waals surface area contributed by atoms with Gasteiger partial charge in [0.2, 0.25) is 0 Å². The van der Waals surface area contributed by atoms with Crippen molar-refractivity contribution in [3.05, 3.63) is 12.2 Å². The van der Waals surface area contributed by atoms with E-state index in [9.17, 15) is 0 Å². The second kappa shape index (κ2) is 3.06. The molecule has 1 aliphatic rings. The highest BCUT2D eigenvalue weighted by Crippen LogP contribution is 2.28. The SMILES string of the molecule is C[SH](C)C1Cc2nncn2CO1. The van der Waals surface area contributed by atoms with E-state index >= 15 is 0 Å². The van der Waals surface area contributed by atoms with E-state index in [1.165, 1.54) is 0 Å². The number of thiol groups is 1. The minimum absolute atomic E-state index is 0.0275. The van der Waals surface area contributed by atoms with Crippen LogP contribution in [-0.2, 0) is 17.9 Å². The number of fused-ring (bicyclic) bond motifs is 1. The maximum Gasteiger partial charge on any atom is 0.138 e. The molecule has 4 nitrogen and oxygen atoms in total. The summed E-state index contributed by atoms with van der Waals surface area (Å²) in [6.45, 7) is 0.619. The summed E-state index contributed by atoms with van der Waals surface area (Å²) in [6.07, 6.45) is 7.09. The lowest BCUT2D eigenvalue weighted by Gasteiger charge is -2.28. The van der Waals surface area contributed by atoms with Crippen LogP contribution in [0.4, 0.5) is 0 Å². The highest BCUT2D eigenvalue weighted by molar-refractivity contribution is 8.16. The summed E-state index contributed by atoms with van der Waals surface area (Å²) < 4.78 is 7.59. The quantitative estimate of drug-likeness (QED) is 0.647. The van der Waals surface area contributed by atoms with Crippen LogP contribution in [0, 0.1) is 0 Å². The molecule has 1 aromatic rings. The number of rotatable bonds is 1. The molecule has 1 aromatic heterocycles. The van der Waals surface area contributed by atoms with Crippen LogP contribution in [0.2, 0.25) is 0 Å². The molecule has 0 saturated heterocycles. The second-order valence-corrected chi connectivity index (χ2v) is 5.64. The number of aromatic nitrogens is 3. The van der Waals surface area contributed by atoms with Gasteiger partial charge in [0.15, 0.2) is 0 Å². The zero-order valence-electron chi connectivity index (χ0n) is 7.27.